The molecule has 2 aromatic rings. The summed E-state index contributed by atoms with van der Waals surface area (Å²) in [6.45, 7) is 1.10. The molecule has 0 fully saturated rings. The maximum absolute atomic E-state index is 11.9. The Morgan fingerprint density at radius 1 is 1.22 bits per heavy atom. The average molecular weight is 339 g/mol. The third-order valence-electron chi connectivity index (χ3n) is 2.62. The lowest BCUT2D eigenvalue weighted by Crippen LogP contribution is -2.28. The number of aromatic nitrogens is 1. The smallest absolute Gasteiger partial charge is 0.294 e. The summed E-state index contributed by atoms with van der Waals surface area (Å²) in [6, 6.07) is 6.56. The Morgan fingerprint density at radius 3 is 2.39 bits per heavy atom. The Kier molecular flexibility index (Phi) is 4.65. The van der Waals surface area contributed by atoms with Crippen molar-refractivity contribution in [1.82, 2.24) is 9.88 Å². The highest BCUT2D eigenvalue weighted by Crippen LogP contribution is 2.16. The maximum Gasteiger partial charge on any atom is 0.294 e. The second-order valence-corrected chi connectivity index (χ2v) is 6.06. The molecule has 0 aliphatic heterocycles. The van der Waals surface area contributed by atoms with Crippen LogP contribution >= 0.6 is 0 Å². The van der Waals surface area contributed by atoms with E-state index in [9.17, 15) is 18.0 Å². The summed E-state index contributed by atoms with van der Waals surface area (Å²) < 4.78 is 35.0. The molecule has 0 aliphatic carbocycles. The van der Waals surface area contributed by atoms with E-state index in [-0.39, 0.29) is 16.5 Å². The van der Waals surface area contributed by atoms with Crippen molar-refractivity contribution in [3.05, 3.63) is 36.1 Å². The second-order valence-electron chi connectivity index (χ2n) is 4.37. The lowest BCUT2D eigenvalue weighted by Gasteiger charge is -2.06. The number of carbonyl (C=O) groups excluding carboxylic acids is 2. The number of hydrogen-bond donors (Lipinski definition) is 2. The first-order chi connectivity index (χ1) is 10.8. The third-order valence-corrected chi connectivity index (χ3v) is 4.07. The fourth-order valence-electron chi connectivity index (χ4n) is 1.62. The van der Waals surface area contributed by atoms with Gasteiger partial charge in [0.2, 0.25) is 11.7 Å². The van der Waals surface area contributed by atoms with Crippen molar-refractivity contribution >= 4 is 27.5 Å². The molecule has 2 N–H and O–H groups in total. The predicted molar refractivity (Wildman–Crippen MR) is 78.5 cm³/mol. The quantitative estimate of drug-likeness (QED) is 0.823. The van der Waals surface area contributed by atoms with E-state index in [1.165, 1.54) is 37.4 Å². The minimum atomic E-state index is -3.91. The number of amides is 2. The summed E-state index contributed by atoms with van der Waals surface area (Å²) in [4.78, 5) is 22.6. The molecule has 0 spiro atoms. The van der Waals surface area contributed by atoms with Gasteiger partial charge in [-0.2, -0.15) is 0 Å². The van der Waals surface area contributed by atoms with Gasteiger partial charge in [-0.1, -0.05) is 0 Å². The van der Waals surface area contributed by atoms with E-state index in [0.717, 1.165) is 6.92 Å². The molecular weight excluding hydrogens is 326 g/mol. The molecule has 0 bridgehead atoms. The number of nitrogens with zero attached hydrogens (tertiary/aromatic N) is 1. The van der Waals surface area contributed by atoms with Crippen LogP contribution in [0, 0.1) is 0 Å². The Bertz CT molecular complexity index is 826. The molecular formula is C13H13N3O6S. The number of ether oxygens (including phenoxy) is 1. The van der Waals surface area contributed by atoms with Crippen molar-refractivity contribution in [1.29, 1.82) is 0 Å². The molecule has 0 atom stereocenters. The second kappa shape index (κ2) is 6.48. The molecule has 2 rings (SSSR count). The SMILES string of the molecule is COc1cc(C(=O)Nc2ccc(S(=O)(=O)NC(C)=O)cc2)on1. The van der Waals surface area contributed by atoms with Gasteiger partial charge in [-0.05, 0) is 29.4 Å². The molecule has 10 heteroatoms. The van der Waals surface area contributed by atoms with Crippen LogP contribution in [-0.2, 0) is 14.8 Å². The van der Waals surface area contributed by atoms with E-state index in [0.29, 0.717) is 5.69 Å². The van der Waals surface area contributed by atoms with Crippen molar-refractivity contribution in [3.63, 3.8) is 0 Å². The first-order valence-electron chi connectivity index (χ1n) is 6.27. The number of anilines is 1. The highest BCUT2D eigenvalue weighted by molar-refractivity contribution is 7.90. The minimum absolute atomic E-state index is 0.0585. The van der Waals surface area contributed by atoms with E-state index in [4.69, 9.17) is 9.26 Å². The van der Waals surface area contributed by atoms with Crippen LogP contribution in [0.3, 0.4) is 0 Å². The maximum atomic E-state index is 11.9. The summed E-state index contributed by atoms with van der Waals surface area (Å²) in [5, 5.41) is 6.00. The van der Waals surface area contributed by atoms with Gasteiger partial charge in [-0.15, -0.1) is 0 Å². The van der Waals surface area contributed by atoms with E-state index < -0.39 is 21.8 Å². The molecule has 0 radical (unpaired) electrons. The number of benzene rings is 1. The Balaban J connectivity index is 2.11. The van der Waals surface area contributed by atoms with E-state index in [2.05, 4.69) is 10.5 Å². The number of hydrogen-bond acceptors (Lipinski definition) is 7. The fourth-order valence-corrected chi connectivity index (χ4v) is 2.61. The average Bonchev–Trinajstić information content (AvgIpc) is 2.95. The number of carbonyl (C=O) groups is 2. The molecule has 0 saturated heterocycles. The lowest BCUT2D eigenvalue weighted by atomic mass is 10.3. The molecule has 23 heavy (non-hydrogen) atoms. The lowest BCUT2D eigenvalue weighted by molar-refractivity contribution is -0.117. The zero-order chi connectivity index (χ0) is 17.0. The monoisotopic (exact) mass is 339 g/mol. The highest BCUT2D eigenvalue weighted by atomic mass is 32.2. The van der Waals surface area contributed by atoms with Crippen LogP contribution in [0.25, 0.3) is 0 Å². The zero-order valence-electron chi connectivity index (χ0n) is 12.2. The van der Waals surface area contributed by atoms with Crippen LogP contribution in [0.4, 0.5) is 5.69 Å². The Morgan fingerprint density at radius 2 is 1.87 bits per heavy atom. The first-order valence-corrected chi connectivity index (χ1v) is 7.75. The van der Waals surface area contributed by atoms with Gasteiger partial charge in [0.25, 0.3) is 21.8 Å². The Hall–Kier alpha value is -2.88. The first kappa shape index (κ1) is 16.5. The van der Waals surface area contributed by atoms with E-state index in [1.54, 1.807) is 0 Å². The summed E-state index contributed by atoms with van der Waals surface area (Å²) >= 11 is 0. The number of methoxy groups -OCH3 is 1. The van der Waals surface area contributed by atoms with Crippen LogP contribution in [0.1, 0.15) is 17.5 Å². The topological polar surface area (TPSA) is 128 Å². The van der Waals surface area contributed by atoms with Crippen LogP contribution < -0.4 is 14.8 Å². The molecule has 0 saturated carbocycles. The van der Waals surface area contributed by atoms with Crippen molar-refractivity contribution in [2.75, 3.05) is 12.4 Å². The highest BCUT2D eigenvalue weighted by Gasteiger charge is 2.16. The van der Waals surface area contributed by atoms with Crippen molar-refractivity contribution in [2.45, 2.75) is 11.8 Å². The standard InChI is InChI=1S/C13H13N3O6S/c1-8(17)16-23(19,20)10-5-3-9(4-6-10)14-13(18)11-7-12(21-2)15-22-11/h3-7H,1-2H3,(H,14,18)(H,16,17). The summed E-state index contributed by atoms with van der Waals surface area (Å²) in [5.74, 6) is -1.16. The van der Waals surface area contributed by atoms with Crippen molar-refractivity contribution in [2.24, 2.45) is 0 Å². The molecule has 0 unspecified atom stereocenters. The van der Waals surface area contributed by atoms with Crippen LogP contribution in [-0.4, -0.2) is 32.5 Å². The van der Waals surface area contributed by atoms with Crippen LogP contribution in [0.5, 0.6) is 5.88 Å². The van der Waals surface area contributed by atoms with Crippen LogP contribution in [0.15, 0.2) is 39.8 Å². The minimum Gasteiger partial charge on any atom is -0.479 e. The molecule has 0 aliphatic rings. The molecule has 1 aromatic heterocycles. The molecule has 9 nitrogen and oxygen atoms in total. The predicted octanol–water partition coefficient (Wildman–Crippen LogP) is 0.760. The largest absolute Gasteiger partial charge is 0.479 e. The summed E-state index contributed by atoms with van der Waals surface area (Å²) in [7, 11) is -2.53. The zero-order valence-corrected chi connectivity index (χ0v) is 13.0. The van der Waals surface area contributed by atoms with Gasteiger partial charge in [0.15, 0.2) is 0 Å². The third kappa shape index (κ3) is 4.07. The van der Waals surface area contributed by atoms with Gasteiger partial charge >= 0.3 is 0 Å². The van der Waals surface area contributed by atoms with Gasteiger partial charge < -0.3 is 14.6 Å². The molecule has 1 heterocycles. The normalized spacial score (nSPS) is 10.9. The van der Waals surface area contributed by atoms with Gasteiger partial charge in [0.1, 0.15) is 0 Å². The van der Waals surface area contributed by atoms with Gasteiger partial charge in [-0.3, -0.25) is 9.59 Å². The van der Waals surface area contributed by atoms with E-state index in [1.807, 2.05) is 4.72 Å². The summed E-state index contributed by atoms with van der Waals surface area (Å²) in [6.07, 6.45) is 0. The van der Waals surface area contributed by atoms with Gasteiger partial charge in [0, 0.05) is 12.6 Å². The van der Waals surface area contributed by atoms with Crippen molar-refractivity contribution in [3.8, 4) is 5.88 Å². The molecule has 2 amide bonds. The van der Waals surface area contributed by atoms with Gasteiger partial charge in [0.05, 0.1) is 18.1 Å². The fraction of sp³-hybridized carbons (Fsp3) is 0.154. The molecule has 122 valence electrons. The summed E-state index contributed by atoms with van der Waals surface area (Å²) in [5.41, 5.74) is 0.340. The van der Waals surface area contributed by atoms with Crippen molar-refractivity contribution < 1.29 is 27.3 Å². The number of nitrogens with one attached hydrogen (secondary N) is 2. The van der Waals surface area contributed by atoms with Crippen LogP contribution in [0.2, 0.25) is 0 Å². The number of rotatable bonds is 5. The number of sulfonamides is 1. The van der Waals surface area contributed by atoms with Gasteiger partial charge in [-0.25, -0.2) is 13.1 Å². The molecule has 1 aromatic carbocycles. The Labute approximate surface area is 131 Å². The van der Waals surface area contributed by atoms with E-state index >= 15 is 0 Å².